The molecule has 4 N–H and O–H groups in total. The first kappa shape index (κ1) is 12.7. The van der Waals surface area contributed by atoms with E-state index >= 15 is 0 Å². The predicted octanol–water partition coefficient (Wildman–Crippen LogP) is 0.278. The van der Waals surface area contributed by atoms with Crippen LogP contribution in [0.4, 0.5) is 11.6 Å². The maximum Gasteiger partial charge on any atom is 0.145 e. The third-order valence-electron chi connectivity index (χ3n) is 2.23. The van der Waals surface area contributed by atoms with Gasteiger partial charge in [-0.15, -0.1) is 0 Å². The maximum absolute atomic E-state index is 9.02. The van der Waals surface area contributed by atoms with E-state index in [4.69, 9.17) is 10.9 Å². The van der Waals surface area contributed by atoms with Crippen LogP contribution >= 0.6 is 0 Å². The molecule has 0 aromatic carbocycles. The molecule has 6 heteroatoms. The first-order valence-corrected chi connectivity index (χ1v) is 5.28. The molecule has 0 aliphatic rings. The lowest BCUT2D eigenvalue weighted by molar-refractivity contribution is 0.298. The Labute approximate surface area is 95.5 Å². The molecule has 16 heavy (non-hydrogen) atoms. The highest BCUT2D eigenvalue weighted by Crippen LogP contribution is 2.17. The molecule has 0 spiro atoms. The van der Waals surface area contributed by atoms with Crippen molar-refractivity contribution in [3.8, 4) is 0 Å². The van der Waals surface area contributed by atoms with Crippen LogP contribution in [0.5, 0.6) is 0 Å². The third-order valence-corrected chi connectivity index (χ3v) is 2.23. The fraction of sp³-hybridized carbons (Fsp3) is 0.600. The normalized spacial score (nSPS) is 10.6. The summed E-state index contributed by atoms with van der Waals surface area (Å²) in [5.74, 6) is 7.32. The Morgan fingerprint density at radius 3 is 2.69 bits per heavy atom. The van der Waals surface area contributed by atoms with E-state index in [1.807, 2.05) is 25.7 Å². The molecule has 1 rings (SSSR count). The number of hydrazine groups is 1. The zero-order chi connectivity index (χ0) is 12.1. The van der Waals surface area contributed by atoms with Crippen LogP contribution in [-0.4, -0.2) is 34.3 Å². The van der Waals surface area contributed by atoms with Gasteiger partial charge in [-0.2, -0.15) is 0 Å². The van der Waals surface area contributed by atoms with E-state index in [1.165, 1.54) is 0 Å². The fourth-order valence-corrected chi connectivity index (χ4v) is 1.52. The fourth-order valence-electron chi connectivity index (χ4n) is 1.52. The number of hydrogen-bond acceptors (Lipinski definition) is 6. The lowest BCUT2D eigenvalue weighted by Gasteiger charge is -2.27. The van der Waals surface area contributed by atoms with E-state index < -0.39 is 0 Å². The van der Waals surface area contributed by atoms with Crippen molar-refractivity contribution in [3.05, 3.63) is 11.9 Å². The van der Waals surface area contributed by atoms with Crippen molar-refractivity contribution in [3.63, 3.8) is 0 Å². The van der Waals surface area contributed by atoms with Gasteiger partial charge in [0.2, 0.25) is 0 Å². The van der Waals surface area contributed by atoms with Crippen molar-refractivity contribution in [1.29, 1.82) is 0 Å². The van der Waals surface area contributed by atoms with Crippen LogP contribution in [0, 0.1) is 6.92 Å². The average Bonchev–Trinajstić information content (AvgIpc) is 2.24. The number of nitrogen functional groups attached to an aromatic ring is 1. The summed E-state index contributed by atoms with van der Waals surface area (Å²) < 4.78 is 0. The Balaban J connectivity index is 3.03. The zero-order valence-electron chi connectivity index (χ0n) is 9.94. The molecular weight excluding hydrogens is 206 g/mol. The number of nitrogens with two attached hydrogens (primary N) is 1. The quantitative estimate of drug-likeness (QED) is 0.493. The van der Waals surface area contributed by atoms with Crippen LogP contribution in [-0.2, 0) is 0 Å². The first-order valence-electron chi connectivity index (χ1n) is 5.28. The Morgan fingerprint density at radius 1 is 1.50 bits per heavy atom. The highest BCUT2D eigenvalue weighted by molar-refractivity contribution is 5.49. The Bertz CT molecular complexity index is 342. The lowest BCUT2D eigenvalue weighted by Crippen LogP contribution is -2.34. The second kappa shape index (κ2) is 5.62. The van der Waals surface area contributed by atoms with E-state index in [1.54, 1.807) is 6.07 Å². The molecule has 0 unspecified atom stereocenters. The second-order valence-corrected chi connectivity index (χ2v) is 3.81. The Hall–Kier alpha value is -1.40. The van der Waals surface area contributed by atoms with Gasteiger partial charge in [-0.1, -0.05) is 0 Å². The van der Waals surface area contributed by atoms with Gasteiger partial charge in [-0.3, -0.25) is 0 Å². The molecule has 1 heterocycles. The van der Waals surface area contributed by atoms with Crippen molar-refractivity contribution < 1.29 is 5.11 Å². The molecule has 0 aliphatic heterocycles. The van der Waals surface area contributed by atoms with E-state index in [0.29, 0.717) is 18.2 Å². The predicted molar refractivity (Wildman–Crippen MR) is 64.1 cm³/mol. The number of rotatable bonds is 5. The van der Waals surface area contributed by atoms with Gasteiger partial charge in [0.25, 0.3) is 0 Å². The van der Waals surface area contributed by atoms with Crippen LogP contribution in [0.25, 0.3) is 0 Å². The maximum atomic E-state index is 9.02. The number of anilines is 2. The molecule has 0 radical (unpaired) electrons. The Morgan fingerprint density at radius 2 is 2.19 bits per heavy atom. The minimum Gasteiger partial charge on any atom is -0.395 e. The summed E-state index contributed by atoms with van der Waals surface area (Å²) in [6.07, 6.45) is 0. The highest BCUT2D eigenvalue weighted by Gasteiger charge is 2.12. The summed E-state index contributed by atoms with van der Waals surface area (Å²) in [6, 6.07) is 2.02. The molecule has 0 fully saturated rings. The number of aryl methyl sites for hydroxylation is 1. The van der Waals surface area contributed by atoms with Gasteiger partial charge < -0.3 is 15.4 Å². The van der Waals surface area contributed by atoms with Crippen LogP contribution in [0.15, 0.2) is 6.07 Å². The van der Waals surface area contributed by atoms with Gasteiger partial charge in [0, 0.05) is 18.7 Å². The molecular formula is C10H19N5O. The molecule has 90 valence electrons. The number of aliphatic hydroxyl groups is 1. The lowest BCUT2D eigenvalue weighted by atomic mass is 10.3. The Kier molecular flexibility index (Phi) is 4.45. The van der Waals surface area contributed by atoms with E-state index in [2.05, 4.69) is 15.4 Å². The minimum atomic E-state index is 0.0899. The topological polar surface area (TPSA) is 87.3 Å². The SMILES string of the molecule is Cc1nc(NN)cc(N(CCO)C(C)C)n1. The summed E-state index contributed by atoms with van der Waals surface area (Å²) in [4.78, 5) is 10.4. The first-order chi connectivity index (χ1) is 7.58. The van der Waals surface area contributed by atoms with Gasteiger partial charge in [0.1, 0.15) is 17.5 Å². The summed E-state index contributed by atoms with van der Waals surface area (Å²) in [5.41, 5.74) is 2.50. The number of aliphatic hydroxyl groups excluding tert-OH is 1. The zero-order valence-corrected chi connectivity index (χ0v) is 9.94. The van der Waals surface area contributed by atoms with Crippen LogP contribution in [0.2, 0.25) is 0 Å². The molecule has 0 aliphatic carbocycles. The van der Waals surface area contributed by atoms with Crippen LogP contribution in [0.1, 0.15) is 19.7 Å². The van der Waals surface area contributed by atoms with Crippen LogP contribution in [0.3, 0.4) is 0 Å². The highest BCUT2D eigenvalue weighted by atomic mass is 16.3. The molecule has 0 amide bonds. The summed E-state index contributed by atoms with van der Waals surface area (Å²) in [5, 5.41) is 9.02. The van der Waals surface area contributed by atoms with E-state index in [-0.39, 0.29) is 12.6 Å². The summed E-state index contributed by atoms with van der Waals surface area (Å²) in [6.45, 7) is 6.53. The molecule has 1 aromatic heterocycles. The third kappa shape index (κ3) is 3.04. The number of nitrogens with one attached hydrogen (secondary N) is 1. The molecule has 6 nitrogen and oxygen atoms in total. The van der Waals surface area contributed by atoms with Gasteiger partial charge in [0.15, 0.2) is 0 Å². The van der Waals surface area contributed by atoms with Crippen molar-refractivity contribution in [2.24, 2.45) is 5.84 Å². The van der Waals surface area contributed by atoms with Crippen LogP contribution < -0.4 is 16.2 Å². The standard InChI is InChI=1S/C10H19N5O/c1-7(2)15(4-5-16)10-6-9(14-11)12-8(3)13-10/h6-7,16H,4-5,11H2,1-3H3,(H,12,13,14). The van der Waals surface area contributed by atoms with Crippen molar-refractivity contribution in [2.75, 3.05) is 23.5 Å². The van der Waals surface area contributed by atoms with Gasteiger partial charge in [-0.05, 0) is 20.8 Å². The molecule has 0 bridgehead atoms. The van der Waals surface area contributed by atoms with Crippen molar-refractivity contribution in [2.45, 2.75) is 26.8 Å². The monoisotopic (exact) mass is 225 g/mol. The van der Waals surface area contributed by atoms with Gasteiger partial charge in [-0.25, -0.2) is 15.8 Å². The summed E-state index contributed by atoms with van der Waals surface area (Å²) in [7, 11) is 0. The van der Waals surface area contributed by atoms with Gasteiger partial charge in [0.05, 0.1) is 6.61 Å². The molecule has 0 saturated carbocycles. The number of nitrogens with zero attached hydrogens (tertiary/aromatic N) is 3. The smallest absolute Gasteiger partial charge is 0.145 e. The minimum absolute atomic E-state index is 0.0899. The van der Waals surface area contributed by atoms with E-state index in [9.17, 15) is 0 Å². The van der Waals surface area contributed by atoms with Crippen molar-refractivity contribution in [1.82, 2.24) is 9.97 Å². The van der Waals surface area contributed by atoms with E-state index in [0.717, 1.165) is 5.82 Å². The largest absolute Gasteiger partial charge is 0.395 e. The second-order valence-electron chi connectivity index (χ2n) is 3.81. The average molecular weight is 225 g/mol. The number of aromatic nitrogens is 2. The summed E-state index contributed by atoms with van der Waals surface area (Å²) >= 11 is 0. The van der Waals surface area contributed by atoms with Gasteiger partial charge >= 0.3 is 0 Å². The molecule has 0 saturated heterocycles. The molecule has 1 aromatic rings. The van der Waals surface area contributed by atoms with Crippen molar-refractivity contribution >= 4 is 11.6 Å². The molecule has 0 atom stereocenters. The number of hydrogen-bond donors (Lipinski definition) is 3.